The van der Waals surface area contributed by atoms with E-state index in [-0.39, 0.29) is 11.8 Å². The van der Waals surface area contributed by atoms with Gasteiger partial charge in [-0.25, -0.2) is 0 Å². The van der Waals surface area contributed by atoms with Crippen molar-refractivity contribution in [2.24, 2.45) is 0 Å². The van der Waals surface area contributed by atoms with Crippen LogP contribution in [0.2, 0.25) is 0 Å². The second kappa shape index (κ2) is 15.6. The number of aldehydes is 1. The number of imide groups is 1. The Balaban J connectivity index is 0. The fraction of sp³-hybridized carbons (Fsp3) is 0.667. The highest BCUT2D eigenvalue weighted by Gasteiger charge is 2.21. The Kier molecular flexibility index (Phi) is 16.2. The van der Waals surface area contributed by atoms with E-state index in [4.69, 9.17) is 0 Å². The van der Waals surface area contributed by atoms with E-state index in [0.29, 0.717) is 19.4 Å². The summed E-state index contributed by atoms with van der Waals surface area (Å²) in [7, 11) is 1.96. The van der Waals surface area contributed by atoms with Crippen molar-refractivity contribution in [1.29, 1.82) is 0 Å². The van der Waals surface area contributed by atoms with Gasteiger partial charge in [-0.15, -0.1) is 0 Å². The van der Waals surface area contributed by atoms with Crippen LogP contribution in [-0.2, 0) is 14.4 Å². The van der Waals surface area contributed by atoms with Crippen molar-refractivity contribution in [1.82, 2.24) is 10.2 Å². The number of hydrogen-bond acceptors (Lipinski definition) is 4. The number of unbranched alkanes of at least 4 members (excludes halogenated alkanes) is 2. The topological polar surface area (TPSA) is 66.5 Å². The van der Waals surface area contributed by atoms with Crippen LogP contribution in [0.3, 0.4) is 0 Å². The standard InChI is InChI=1S/C9H11NO3.C4H11N.C2H6/c11-7-3-1-2-6-10-8(12)4-5-9(10)13;1-3-4-5-2;1-2/h4-5,7H,1-3,6H2;5H,3-4H2,1-2H3;1-2H3. The molecule has 0 saturated carbocycles. The first-order chi connectivity index (χ1) is 9.67. The van der Waals surface area contributed by atoms with E-state index in [1.165, 1.54) is 23.5 Å². The molecule has 0 fully saturated rings. The highest BCUT2D eigenvalue weighted by molar-refractivity contribution is 6.12. The summed E-state index contributed by atoms with van der Waals surface area (Å²) < 4.78 is 0. The van der Waals surface area contributed by atoms with Crippen molar-refractivity contribution < 1.29 is 14.4 Å². The number of nitrogens with zero attached hydrogens (tertiary/aromatic N) is 1. The van der Waals surface area contributed by atoms with Crippen molar-refractivity contribution in [3.8, 4) is 0 Å². The van der Waals surface area contributed by atoms with Gasteiger partial charge in [0, 0.05) is 25.1 Å². The Bertz CT molecular complexity index is 281. The molecule has 5 heteroatoms. The van der Waals surface area contributed by atoms with Gasteiger partial charge in [-0.3, -0.25) is 14.5 Å². The molecule has 0 radical (unpaired) electrons. The number of amides is 2. The van der Waals surface area contributed by atoms with Crippen molar-refractivity contribution in [3.63, 3.8) is 0 Å². The molecular formula is C15H28N2O3. The summed E-state index contributed by atoms with van der Waals surface area (Å²) in [4.78, 5) is 33.1. The SMILES string of the molecule is CC.CCCNC.O=CCCCCN1C(=O)C=CC1=O. The van der Waals surface area contributed by atoms with Crippen LogP contribution in [0.5, 0.6) is 0 Å². The Morgan fingerprint density at radius 2 is 1.70 bits per heavy atom. The summed E-state index contributed by atoms with van der Waals surface area (Å²) in [5.41, 5.74) is 0. The lowest BCUT2D eigenvalue weighted by Crippen LogP contribution is -2.30. The molecular weight excluding hydrogens is 256 g/mol. The van der Waals surface area contributed by atoms with Crippen LogP contribution in [0.4, 0.5) is 0 Å². The molecule has 1 aliphatic rings. The van der Waals surface area contributed by atoms with E-state index < -0.39 is 0 Å². The van der Waals surface area contributed by atoms with Crippen LogP contribution < -0.4 is 5.32 Å². The normalized spacial score (nSPS) is 12.5. The lowest BCUT2D eigenvalue weighted by molar-refractivity contribution is -0.136. The van der Waals surface area contributed by atoms with Gasteiger partial charge in [0.15, 0.2) is 0 Å². The maximum Gasteiger partial charge on any atom is 0.253 e. The van der Waals surface area contributed by atoms with Crippen molar-refractivity contribution in [2.75, 3.05) is 20.1 Å². The molecule has 1 rings (SSSR count). The maximum atomic E-state index is 11.0. The monoisotopic (exact) mass is 284 g/mol. The lowest BCUT2D eigenvalue weighted by atomic mass is 10.2. The molecule has 0 saturated heterocycles. The zero-order valence-corrected chi connectivity index (χ0v) is 13.1. The number of hydrogen-bond donors (Lipinski definition) is 1. The van der Waals surface area contributed by atoms with Crippen molar-refractivity contribution >= 4 is 18.1 Å². The number of carbonyl (C=O) groups excluding carboxylic acids is 3. The van der Waals surface area contributed by atoms with Gasteiger partial charge in [0.1, 0.15) is 6.29 Å². The zero-order chi connectivity index (χ0) is 15.8. The number of carbonyl (C=O) groups is 3. The molecule has 0 aliphatic carbocycles. The molecule has 5 nitrogen and oxygen atoms in total. The molecule has 0 aromatic rings. The van der Waals surface area contributed by atoms with Gasteiger partial charge < -0.3 is 10.1 Å². The van der Waals surface area contributed by atoms with Crippen LogP contribution in [0, 0.1) is 0 Å². The van der Waals surface area contributed by atoms with Gasteiger partial charge in [-0.1, -0.05) is 20.8 Å². The van der Waals surface area contributed by atoms with Gasteiger partial charge in [-0.05, 0) is 32.9 Å². The van der Waals surface area contributed by atoms with Crippen molar-refractivity contribution in [2.45, 2.75) is 46.5 Å². The molecule has 1 N–H and O–H groups in total. The third-order valence-corrected chi connectivity index (χ3v) is 2.35. The average molecular weight is 284 g/mol. The zero-order valence-electron chi connectivity index (χ0n) is 13.1. The van der Waals surface area contributed by atoms with Gasteiger partial charge in [0.05, 0.1) is 0 Å². The fourth-order valence-corrected chi connectivity index (χ4v) is 1.40. The number of rotatable bonds is 7. The summed E-state index contributed by atoms with van der Waals surface area (Å²) in [6, 6.07) is 0. The molecule has 1 aliphatic heterocycles. The Hall–Kier alpha value is -1.49. The van der Waals surface area contributed by atoms with Crippen LogP contribution >= 0.6 is 0 Å². The molecule has 0 spiro atoms. The second-order valence-corrected chi connectivity index (χ2v) is 3.93. The summed E-state index contributed by atoms with van der Waals surface area (Å²) in [5.74, 6) is -0.507. The van der Waals surface area contributed by atoms with Crippen LogP contribution in [0.25, 0.3) is 0 Å². The van der Waals surface area contributed by atoms with Gasteiger partial charge in [-0.2, -0.15) is 0 Å². The van der Waals surface area contributed by atoms with Crippen molar-refractivity contribution in [3.05, 3.63) is 12.2 Å². The Labute approximate surface area is 122 Å². The molecule has 0 atom stereocenters. The maximum absolute atomic E-state index is 11.0. The molecule has 0 aromatic carbocycles. The third kappa shape index (κ3) is 10.4. The first-order valence-electron chi connectivity index (χ1n) is 7.29. The Morgan fingerprint density at radius 1 is 1.15 bits per heavy atom. The van der Waals surface area contributed by atoms with Crippen LogP contribution in [0.1, 0.15) is 46.5 Å². The molecule has 20 heavy (non-hydrogen) atoms. The molecule has 0 aromatic heterocycles. The van der Waals surface area contributed by atoms with E-state index in [1.807, 2.05) is 20.9 Å². The first-order valence-corrected chi connectivity index (χ1v) is 7.29. The van der Waals surface area contributed by atoms with Crippen LogP contribution in [-0.4, -0.2) is 43.1 Å². The first kappa shape index (κ1) is 20.8. The minimum Gasteiger partial charge on any atom is -0.320 e. The van der Waals surface area contributed by atoms with Gasteiger partial charge in [0.25, 0.3) is 11.8 Å². The average Bonchev–Trinajstić information content (AvgIpc) is 2.79. The summed E-state index contributed by atoms with van der Waals surface area (Å²) in [6.07, 6.45) is 6.51. The van der Waals surface area contributed by atoms with Gasteiger partial charge in [0.2, 0.25) is 0 Å². The van der Waals surface area contributed by atoms with Crippen LogP contribution in [0.15, 0.2) is 12.2 Å². The van der Waals surface area contributed by atoms with Gasteiger partial charge >= 0.3 is 0 Å². The number of nitrogens with one attached hydrogen (secondary N) is 1. The second-order valence-electron chi connectivity index (χ2n) is 3.93. The highest BCUT2D eigenvalue weighted by Crippen LogP contribution is 2.05. The highest BCUT2D eigenvalue weighted by atomic mass is 16.2. The largest absolute Gasteiger partial charge is 0.320 e. The Morgan fingerprint density at radius 3 is 2.05 bits per heavy atom. The summed E-state index contributed by atoms with van der Waals surface area (Å²) in [5, 5.41) is 3.02. The van der Waals surface area contributed by atoms with E-state index in [2.05, 4.69) is 12.2 Å². The third-order valence-electron chi connectivity index (χ3n) is 2.35. The molecule has 0 bridgehead atoms. The lowest BCUT2D eigenvalue weighted by Gasteiger charge is -2.12. The minimum atomic E-state index is -0.254. The predicted molar refractivity (Wildman–Crippen MR) is 81.3 cm³/mol. The summed E-state index contributed by atoms with van der Waals surface area (Å²) >= 11 is 0. The molecule has 1 heterocycles. The smallest absolute Gasteiger partial charge is 0.253 e. The van der Waals surface area contributed by atoms with E-state index in [0.717, 1.165) is 19.3 Å². The summed E-state index contributed by atoms with van der Waals surface area (Å²) in [6.45, 7) is 7.70. The molecule has 116 valence electrons. The quantitative estimate of drug-likeness (QED) is 0.440. The van der Waals surface area contributed by atoms with E-state index in [1.54, 1.807) is 0 Å². The molecule has 2 amide bonds. The molecule has 0 unspecified atom stereocenters. The minimum absolute atomic E-state index is 0.254. The fourth-order valence-electron chi connectivity index (χ4n) is 1.40. The van der Waals surface area contributed by atoms with E-state index >= 15 is 0 Å². The van der Waals surface area contributed by atoms with E-state index in [9.17, 15) is 14.4 Å². The predicted octanol–water partition coefficient (Wildman–Crippen LogP) is 1.92.